The number of H-pyrrole nitrogens is 1. The number of nitro benzene ring substituents is 2. The number of nitrogens with one attached hydrogen (secondary N) is 1. The highest BCUT2D eigenvalue weighted by Gasteiger charge is 2.17. The number of aromatic amines is 1. The molecule has 0 amide bonds. The number of hydrogen-bond acceptors (Lipinski definition) is 8. The van der Waals surface area contributed by atoms with Crippen molar-refractivity contribution in [1.82, 2.24) is 20.2 Å². The fourth-order valence-electron chi connectivity index (χ4n) is 1.91. The van der Waals surface area contributed by atoms with Crippen LogP contribution >= 0.6 is 11.6 Å². The normalized spacial score (nSPS) is 10.3. The van der Waals surface area contributed by atoms with E-state index in [1.54, 1.807) is 0 Å². The van der Waals surface area contributed by atoms with Gasteiger partial charge in [0.15, 0.2) is 0 Å². The first kappa shape index (κ1) is 28.2. The van der Waals surface area contributed by atoms with E-state index < -0.39 is 51.9 Å². The zero-order valence-corrected chi connectivity index (χ0v) is 20.0. The Morgan fingerprint density at radius 1 is 1.00 bits per heavy atom. The first-order valence-electron chi connectivity index (χ1n) is 9.20. The molecular formula is C18H19ClF2N6O6Si. The number of carbonyl (C=O) groups excluding carboxylic acids is 1. The molecule has 0 spiro atoms. The highest BCUT2D eigenvalue weighted by molar-refractivity contribution is 6.74. The third-order valence-corrected chi connectivity index (χ3v) is 3.43. The number of benzene rings is 2. The number of nitrogens with zero attached hydrogens (tertiary/aromatic N) is 5. The minimum Gasteiger partial charge on any atom is -0.276 e. The van der Waals surface area contributed by atoms with Crippen LogP contribution in [0.3, 0.4) is 0 Å². The third kappa shape index (κ3) is 8.95. The van der Waals surface area contributed by atoms with E-state index in [0.717, 1.165) is 35.0 Å². The number of aromatic nitrogens is 4. The van der Waals surface area contributed by atoms with Crippen molar-refractivity contribution >= 4 is 36.3 Å². The topological polar surface area (TPSA) is 167 Å². The lowest BCUT2D eigenvalue weighted by molar-refractivity contribution is -0.387. The molecule has 0 saturated carbocycles. The van der Waals surface area contributed by atoms with Crippen LogP contribution in [0.4, 0.5) is 20.2 Å². The van der Waals surface area contributed by atoms with E-state index in [1.807, 2.05) is 5.10 Å². The van der Waals surface area contributed by atoms with Crippen LogP contribution in [0.1, 0.15) is 10.4 Å². The third-order valence-electron chi connectivity index (χ3n) is 3.21. The first-order valence-corrected chi connectivity index (χ1v) is 13.6. The van der Waals surface area contributed by atoms with Gasteiger partial charge >= 0.3 is 17.1 Å². The van der Waals surface area contributed by atoms with Gasteiger partial charge in [0.2, 0.25) is 11.6 Å². The minimum absolute atomic E-state index is 0.0619. The molecule has 34 heavy (non-hydrogen) atoms. The monoisotopic (exact) mass is 516 g/mol. The Bertz CT molecular complexity index is 1250. The first-order chi connectivity index (χ1) is 15.6. The standard InChI is InChI=1S/C7H3ClFNO3.C7H4FN5O3.C4H12Si/c8-7(11)4-1-2-5(9)6(3-4)10(12)13;8-5-2-1-4(3-6(5)13(15)16)12-7(14)9-10-11-12;1-5(2,3)4/h1-3H;1-3H,(H,9,11,14);1-4H3. The molecule has 0 radical (unpaired) electrons. The Morgan fingerprint density at radius 2 is 1.47 bits per heavy atom. The van der Waals surface area contributed by atoms with Crippen molar-refractivity contribution in [3.8, 4) is 5.69 Å². The minimum atomic E-state index is -0.994. The van der Waals surface area contributed by atoms with E-state index in [1.165, 1.54) is 6.07 Å². The average Bonchev–Trinajstić information content (AvgIpc) is 3.13. The van der Waals surface area contributed by atoms with Gasteiger partial charge in [-0.2, -0.15) is 13.5 Å². The lowest BCUT2D eigenvalue weighted by Crippen LogP contribution is -2.16. The molecule has 0 bridgehead atoms. The van der Waals surface area contributed by atoms with E-state index in [-0.39, 0.29) is 11.3 Å². The zero-order valence-electron chi connectivity index (χ0n) is 18.3. The molecule has 3 rings (SSSR count). The van der Waals surface area contributed by atoms with Gasteiger partial charge in [-0.25, -0.2) is 9.89 Å². The van der Waals surface area contributed by atoms with E-state index in [2.05, 4.69) is 36.6 Å². The Morgan fingerprint density at radius 3 is 1.88 bits per heavy atom. The molecule has 1 N–H and O–H groups in total. The van der Waals surface area contributed by atoms with Crippen LogP contribution in [0, 0.1) is 31.9 Å². The van der Waals surface area contributed by atoms with Gasteiger partial charge in [-0.05, 0) is 46.3 Å². The van der Waals surface area contributed by atoms with Crippen LogP contribution in [0.2, 0.25) is 26.2 Å². The van der Waals surface area contributed by atoms with E-state index in [4.69, 9.17) is 11.6 Å². The second kappa shape index (κ2) is 11.8. The van der Waals surface area contributed by atoms with Gasteiger partial charge in [0.1, 0.15) is 0 Å². The Labute approximate surface area is 196 Å². The number of halogens is 3. The molecule has 0 atom stereocenters. The van der Waals surface area contributed by atoms with E-state index in [0.29, 0.717) is 0 Å². The van der Waals surface area contributed by atoms with Gasteiger partial charge in [0.05, 0.1) is 15.5 Å². The van der Waals surface area contributed by atoms with Crippen molar-refractivity contribution in [2.45, 2.75) is 26.2 Å². The summed E-state index contributed by atoms with van der Waals surface area (Å²) in [5.41, 5.74) is -2.19. The quantitative estimate of drug-likeness (QED) is 0.234. The summed E-state index contributed by atoms with van der Waals surface area (Å²) in [7, 11) is -0.611. The fourth-order valence-corrected chi connectivity index (χ4v) is 2.03. The molecule has 1 heterocycles. The second-order valence-electron chi connectivity index (χ2n) is 8.01. The maximum Gasteiger partial charge on any atom is 0.365 e. The van der Waals surface area contributed by atoms with Crippen LogP contribution in [0.15, 0.2) is 41.2 Å². The number of carbonyl (C=O) groups is 1. The van der Waals surface area contributed by atoms with Crippen molar-refractivity contribution in [2.24, 2.45) is 0 Å². The molecular weight excluding hydrogens is 498 g/mol. The van der Waals surface area contributed by atoms with Crippen LogP contribution in [0.25, 0.3) is 5.69 Å². The predicted molar refractivity (Wildman–Crippen MR) is 121 cm³/mol. The largest absolute Gasteiger partial charge is 0.365 e. The van der Waals surface area contributed by atoms with Crippen LogP contribution in [-0.4, -0.2) is 43.4 Å². The summed E-state index contributed by atoms with van der Waals surface area (Å²) in [5, 5.41) is 28.4. The molecule has 0 aliphatic rings. The van der Waals surface area contributed by atoms with Crippen molar-refractivity contribution in [3.05, 3.63) is 84.3 Å². The summed E-state index contributed by atoms with van der Waals surface area (Å²) >= 11 is 5.05. The molecule has 1 aromatic heterocycles. The molecule has 0 saturated heterocycles. The van der Waals surface area contributed by atoms with Crippen LogP contribution < -0.4 is 5.69 Å². The molecule has 182 valence electrons. The molecule has 3 aromatic rings. The molecule has 0 unspecified atom stereocenters. The Kier molecular flexibility index (Phi) is 9.82. The maximum atomic E-state index is 13.0. The van der Waals surface area contributed by atoms with Gasteiger partial charge in [-0.15, -0.1) is 0 Å². The summed E-state index contributed by atoms with van der Waals surface area (Å²) < 4.78 is 26.5. The SMILES string of the molecule is C[Si](C)(C)C.O=C(Cl)c1ccc(F)c([N+](=O)[O-])c1.O=c1[nH]nnn1-c1ccc(F)c([N+](=O)[O-])c1. The van der Waals surface area contributed by atoms with Crippen LogP contribution in [-0.2, 0) is 0 Å². The maximum absolute atomic E-state index is 13.0. The average molecular weight is 517 g/mol. The van der Waals surface area contributed by atoms with E-state index >= 15 is 0 Å². The van der Waals surface area contributed by atoms with E-state index in [9.17, 15) is 38.6 Å². The van der Waals surface area contributed by atoms with Gasteiger partial charge in [0.25, 0.3) is 5.24 Å². The number of nitro groups is 2. The Hall–Kier alpha value is -3.85. The predicted octanol–water partition coefficient (Wildman–Crippen LogP) is 4.07. The van der Waals surface area contributed by atoms with Crippen molar-refractivity contribution in [3.63, 3.8) is 0 Å². The lowest BCUT2D eigenvalue weighted by Gasteiger charge is -2.01. The summed E-state index contributed by atoms with van der Waals surface area (Å²) in [4.78, 5) is 40.5. The smallest absolute Gasteiger partial charge is 0.276 e. The molecule has 12 nitrogen and oxygen atoms in total. The zero-order chi connectivity index (χ0) is 26.2. The number of tetrazole rings is 1. The van der Waals surface area contributed by atoms with Gasteiger partial charge in [-0.1, -0.05) is 26.2 Å². The van der Waals surface area contributed by atoms with Crippen molar-refractivity contribution in [1.29, 1.82) is 0 Å². The number of rotatable bonds is 4. The highest BCUT2D eigenvalue weighted by Crippen LogP contribution is 2.20. The summed E-state index contributed by atoms with van der Waals surface area (Å²) in [5.74, 6) is -1.98. The summed E-state index contributed by atoms with van der Waals surface area (Å²) in [6.45, 7) is 9.31. The molecule has 2 aromatic carbocycles. The van der Waals surface area contributed by atoms with Gasteiger partial charge in [0, 0.05) is 25.8 Å². The van der Waals surface area contributed by atoms with Crippen molar-refractivity contribution < 1.29 is 23.4 Å². The second-order valence-corrected chi connectivity index (χ2v) is 14.4. The fraction of sp³-hybridized carbons (Fsp3) is 0.222. The molecule has 0 fully saturated rings. The summed E-state index contributed by atoms with van der Waals surface area (Å²) in [6, 6.07) is 5.68. The molecule has 16 heteroatoms. The Balaban J connectivity index is 0.000000289. The molecule has 0 aliphatic carbocycles. The molecule has 0 aliphatic heterocycles. The van der Waals surface area contributed by atoms with Crippen molar-refractivity contribution in [2.75, 3.05) is 0 Å². The summed E-state index contributed by atoms with van der Waals surface area (Å²) in [6.07, 6.45) is 0. The van der Waals surface area contributed by atoms with Gasteiger partial charge in [-0.3, -0.25) is 25.0 Å². The number of hydrogen-bond donors (Lipinski definition) is 1. The van der Waals surface area contributed by atoms with Crippen LogP contribution in [0.5, 0.6) is 0 Å². The van der Waals surface area contributed by atoms with Gasteiger partial charge < -0.3 is 0 Å². The highest BCUT2D eigenvalue weighted by atomic mass is 35.5. The lowest BCUT2D eigenvalue weighted by atomic mass is 10.2.